The summed E-state index contributed by atoms with van der Waals surface area (Å²) in [5.74, 6) is -0.233. The van der Waals surface area contributed by atoms with E-state index in [0.717, 1.165) is 55.7 Å². The number of anilines is 3. The minimum Gasteiger partial charge on any atom is -0.310 e. The van der Waals surface area contributed by atoms with Crippen LogP contribution in [0.3, 0.4) is 0 Å². The summed E-state index contributed by atoms with van der Waals surface area (Å²) in [5.41, 5.74) is 18.9. The maximum Gasteiger partial charge on any atom is 0.131 e. The zero-order chi connectivity index (χ0) is 42.5. The number of rotatable bonds is 8. The third kappa shape index (κ3) is 6.72. The zero-order valence-corrected chi connectivity index (χ0v) is 35.3. The molecule has 10 aromatic carbocycles. The molecule has 63 heavy (non-hydrogen) atoms. The van der Waals surface area contributed by atoms with E-state index in [1.807, 2.05) is 24.3 Å². The molecule has 1 aliphatic carbocycles. The lowest BCUT2D eigenvalue weighted by molar-refractivity contribution is 0.631. The van der Waals surface area contributed by atoms with E-state index in [9.17, 15) is 0 Å². The average molecular weight is 810 g/mol. The van der Waals surface area contributed by atoms with Gasteiger partial charge in [-0.05, 0) is 114 Å². The summed E-state index contributed by atoms with van der Waals surface area (Å²) < 4.78 is 15.6. The third-order valence-corrected chi connectivity index (χ3v) is 13.0. The van der Waals surface area contributed by atoms with E-state index < -0.39 is 0 Å². The maximum atomic E-state index is 15.6. The fourth-order valence-electron chi connectivity index (χ4n) is 9.77. The van der Waals surface area contributed by atoms with Gasteiger partial charge in [-0.1, -0.05) is 208 Å². The highest BCUT2D eigenvalue weighted by atomic mass is 19.1. The van der Waals surface area contributed by atoms with Gasteiger partial charge in [-0.2, -0.15) is 0 Å². The Balaban J connectivity index is 1.02. The largest absolute Gasteiger partial charge is 0.310 e. The molecule has 0 amide bonds. The van der Waals surface area contributed by atoms with Gasteiger partial charge in [0.2, 0.25) is 0 Å². The second-order valence-electron chi connectivity index (χ2n) is 17.0. The molecule has 0 unspecified atom stereocenters. The van der Waals surface area contributed by atoms with Crippen molar-refractivity contribution in [1.82, 2.24) is 0 Å². The van der Waals surface area contributed by atoms with Crippen molar-refractivity contribution in [3.8, 4) is 66.8 Å². The molecule has 0 radical (unpaired) electrons. The van der Waals surface area contributed by atoms with Crippen LogP contribution in [0.15, 0.2) is 231 Å². The van der Waals surface area contributed by atoms with Crippen LogP contribution in [0.5, 0.6) is 0 Å². The highest BCUT2D eigenvalue weighted by Crippen LogP contribution is 2.52. The van der Waals surface area contributed by atoms with Crippen molar-refractivity contribution < 1.29 is 4.39 Å². The normalized spacial score (nSPS) is 12.5. The summed E-state index contributed by atoms with van der Waals surface area (Å²) in [6.45, 7) is 4.67. The molecule has 0 saturated carbocycles. The number of nitrogens with zero attached hydrogens (tertiary/aromatic N) is 1. The van der Waals surface area contributed by atoms with Crippen molar-refractivity contribution >= 4 is 27.8 Å². The summed E-state index contributed by atoms with van der Waals surface area (Å²) in [6.07, 6.45) is 0. The standard InChI is InChI=1S/C61H44FN/c1-61(2)56-23-9-6-18-50(56)51-39-38-49(40-57(51)61)63(59-25-11-8-20-53(59)55-22-13-17-47-16-12-21-54(60(47)55)52-19-7-10-24-58(52)62)48-36-34-46(35-37-48)45-32-30-44(31-33-45)43-28-26-42(27-29-43)41-14-4-3-5-15-41/h3-40H,1-2H3. The smallest absolute Gasteiger partial charge is 0.131 e. The fourth-order valence-corrected chi connectivity index (χ4v) is 9.77. The van der Waals surface area contributed by atoms with Gasteiger partial charge in [0.05, 0.1) is 5.69 Å². The predicted octanol–water partition coefficient (Wildman–Crippen LogP) is 17.1. The Kier molecular flexibility index (Phi) is 9.43. The summed E-state index contributed by atoms with van der Waals surface area (Å²) in [5, 5.41) is 2.08. The van der Waals surface area contributed by atoms with Gasteiger partial charge in [-0.3, -0.25) is 0 Å². The van der Waals surface area contributed by atoms with Crippen molar-refractivity contribution in [2.45, 2.75) is 19.3 Å². The Bertz CT molecular complexity index is 3290. The highest BCUT2D eigenvalue weighted by molar-refractivity contribution is 6.09. The van der Waals surface area contributed by atoms with Crippen LogP contribution >= 0.6 is 0 Å². The number of halogens is 1. The molecule has 10 aromatic rings. The molecule has 0 aromatic heterocycles. The van der Waals surface area contributed by atoms with Gasteiger partial charge in [0, 0.05) is 27.9 Å². The topological polar surface area (TPSA) is 3.24 Å². The van der Waals surface area contributed by atoms with E-state index >= 15 is 4.39 Å². The van der Waals surface area contributed by atoms with E-state index in [1.54, 1.807) is 12.1 Å². The Morgan fingerprint density at radius 2 is 0.778 bits per heavy atom. The number of fused-ring (bicyclic) bond motifs is 4. The third-order valence-electron chi connectivity index (χ3n) is 13.0. The predicted molar refractivity (Wildman–Crippen MR) is 263 cm³/mol. The molecule has 0 spiro atoms. The van der Waals surface area contributed by atoms with Gasteiger partial charge < -0.3 is 4.90 Å². The van der Waals surface area contributed by atoms with Crippen LogP contribution in [0.2, 0.25) is 0 Å². The molecule has 300 valence electrons. The Labute approximate surface area is 369 Å². The van der Waals surface area contributed by atoms with Gasteiger partial charge >= 0.3 is 0 Å². The zero-order valence-electron chi connectivity index (χ0n) is 35.3. The Morgan fingerprint density at radius 1 is 0.333 bits per heavy atom. The Hall–Kier alpha value is -7.81. The molecule has 0 bridgehead atoms. The van der Waals surface area contributed by atoms with Crippen LogP contribution in [0.25, 0.3) is 77.5 Å². The molecule has 0 heterocycles. The molecular weight excluding hydrogens is 766 g/mol. The van der Waals surface area contributed by atoms with Crippen LogP contribution in [0, 0.1) is 5.82 Å². The van der Waals surface area contributed by atoms with Crippen molar-refractivity contribution in [2.75, 3.05) is 4.90 Å². The Morgan fingerprint density at radius 3 is 1.40 bits per heavy atom. The van der Waals surface area contributed by atoms with Crippen LogP contribution in [0.4, 0.5) is 21.5 Å². The molecule has 0 saturated heterocycles. The van der Waals surface area contributed by atoms with Crippen LogP contribution < -0.4 is 4.90 Å². The summed E-state index contributed by atoms with van der Waals surface area (Å²) in [7, 11) is 0. The second kappa shape index (κ2) is 15.6. The fraction of sp³-hybridized carbons (Fsp3) is 0.0492. The first-order valence-corrected chi connectivity index (χ1v) is 21.7. The second-order valence-corrected chi connectivity index (χ2v) is 17.0. The first-order chi connectivity index (χ1) is 30.9. The van der Waals surface area contributed by atoms with E-state index in [1.165, 1.54) is 44.5 Å². The molecule has 11 rings (SSSR count). The monoisotopic (exact) mass is 809 g/mol. The molecule has 2 heteroatoms. The van der Waals surface area contributed by atoms with Gasteiger partial charge in [0.25, 0.3) is 0 Å². The van der Waals surface area contributed by atoms with Crippen LogP contribution in [-0.2, 0) is 5.41 Å². The molecule has 0 atom stereocenters. The molecule has 0 N–H and O–H groups in total. The van der Waals surface area contributed by atoms with E-state index in [-0.39, 0.29) is 11.2 Å². The number of hydrogen-bond acceptors (Lipinski definition) is 1. The lowest BCUT2D eigenvalue weighted by atomic mass is 9.82. The molecule has 1 aliphatic rings. The first kappa shape index (κ1) is 38.1. The van der Waals surface area contributed by atoms with E-state index in [0.29, 0.717) is 5.56 Å². The SMILES string of the molecule is CC1(C)c2ccccc2-c2ccc(N(c3ccc(-c4ccc(-c5ccc(-c6ccccc6)cc5)cc4)cc3)c3ccccc3-c3cccc4cccc(-c5ccccc5F)c34)cc21. The minimum absolute atomic E-state index is 0.169. The lowest BCUT2D eigenvalue weighted by Gasteiger charge is -2.30. The molecule has 0 aliphatic heterocycles. The number of benzene rings is 10. The van der Waals surface area contributed by atoms with E-state index in [2.05, 4.69) is 213 Å². The summed E-state index contributed by atoms with van der Waals surface area (Å²) in [4.78, 5) is 2.39. The summed E-state index contributed by atoms with van der Waals surface area (Å²) >= 11 is 0. The molecule has 0 fully saturated rings. The number of hydrogen-bond donors (Lipinski definition) is 0. The van der Waals surface area contributed by atoms with Crippen molar-refractivity contribution in [2.24, 2.45) is 0 Å². The van der Waals surface area contributed by atoms with Crippen molar-refractivity contribution in [1.29, 1.82) is 0 Å². The van der Waals surface area contributed by atoms with Gasteiger partial charge in [0.15, 0.2) is 0 Å². The lowest BCUT2D eigenvalue weighted by Crippen LogP contribution is -2.16. The van der Waals surface area contributed by atoms with Crippen LogP contribution in [-0.4, -0.2) is 0 Å². The molecule has 1 nitrogen and oxygen atoms in total. The first-order valence-electron chi connectivity index (χ1n) is 21.7. The maximum absolute atomic E-state index is 15.6. The van der Waals surface area contributed by atoms with Gasteiger partial charge in [-0.25, -0.2) is 4.39 Å². The molecular formula is C61H44FN. The summed E-state index contributed by atoms with van der Waals surface area (Å²) in [6, 6.07) is 81.2. The highest BCUT2D eigenvalue weighted by Gasteiger charge is 2.36. The van der Waals surface area contributed by atoms with Crippen molar-refractivity contribution in [3.63, 3.8) is 0 Å². The van der Waals surface area contributed by atoms with Gasteiger partial charge in [0.1, 0.15) is 5.82 Å². The average Bonchev–Trinajstić information content (AvgIpc) is 3.57. The quantitative estimate of drug-likeness (QED) is 0.148. The van der Waals surface area contributed by atoms with E-state index in [4.69, 9.17) is 0 Å². The number of para-hydroxylation sites is 1. The van der Waals surface area contributed by atoms with Crippen LogP contribution in [0.1, 0.15) is 25.0 Å². The van der Waals surface area contributed by atoms with Crippen molar-refractivity contribution in [3.05, 3.63) is 247 Å². The minimum atomic E-state index is -0.233. The van der Waals surface area contributed by atoms with Gasteiger partial charge in [-0.15, -0.1) is 0 Å².